The first-order valence-electron chi connectivity index (χ1n) is 12.7. The van der Waals surface area contributed by atoms with Gasteiger partial charge in [-0.3, -0.25) is 19.3 Å². The number of carbonyl (C=O) groups is 3. The van der Waals surface area contributed by atoms with Gasteiger partial charge in [0.2, 0.25) is 11.8 Å². The summed E-state index contributed by atoms with van der Waals surface area (Å²) in [6.07, 6.45) is 0.234. The third kappa shape index (κ3) is 5.39. The zero-order chi connectivity index (χ0) is 29.1. The highest BCUT2D eigenvalue weighted by molar-refractivity contribution is 6.38. The van der Waals surface area contributed by atoms with Gasteiger partial charge in [0, 0.05) is 45.3 Å². The van der Waals surface area contributed by atoms with Crippen LogP contribution < -0.4 is 10.2 Å². The van der Waals surface area contributed by atoms with E-state index in [1.807, 2.05) is 0 Å². The minimum Gasteiger partial charge on any atom is -0.481 e. The smallest absolute Gasteiger partial charge is 0.306 e. The monoisotopic (exact) mass is 633 g/mol. The first-order valence-corrected chi connectivity index (χ1v) is 14.2. The molecule has 0 bridgehead atoms. The molecule has 214 valence electrons. The van der Waals surface area contributed by atoms with Crippen molar-refractivity contribution in [1.82, 2.24) is 4.90 Å². The number of aliphatic carboxylic acids is 1. The number of likely N-dealkylation sites (tertiary alicyclic amines) is 1. The van der Waals surface area contributed by atoms with Gasteiger partial charge in [-0.2, -0.15) is 0 Å². The van der Waals surface area contributed by atoms with E-state index < -0.39 is 60.6 Å². The Morgan fingerprint density at radius 3 is 2.33 bits per heavy atom. The highest BCUT2D eigenvalue weighted by Crippen LogP contribution is 2.52. The zero-order valence-corrected chi connectivity index (χ0v) is 24.2. The number of carbonyl (C=O) groups excluding carboxylic acids is 2. The third-order valence-corrected chi connectivity index (χ3v) is 8.80. The van der Waals surface area contributed by atoms with E-state index in [0.29, 0.717) is 22.3 Å². The summed E-state index contributed by atoms with van der Waals surface area (Å²) >= 11 is 24.9. The molecule has 2 fully saturated rings. The lowest BCUT2D eigenvalue weighted by Gasteiger charge is -2.42. The molecule has 2 N–H and O–H groups in total. The number of carboxylic acid groups (broad SMARTS) is 1. The number of hydrogen-bond donors (Lipinski definition) is 2. The van der Waals surface area contributed by atoms with Crippen LogP contribution in [0.4, 0.5) is 20.2 Å². The van der Waals surface area contributed by atoms with Gasteiger partial charge in [-0.15, -0.1) is 0 Å². The average molecular weight is 635 g/mol. The fourth-order valence-electron chi connectivity index (χ4n) is 5.85. The Labute approximate surface area is 249 Å². The van der Waals surface area contributed by atoms with Gasteiger partial charge < -0.3 is 15.3 Å². The predicted octanol–water partition coefficient (Wildman–Crippen LogP) is 6.71. The maximum absolute atomic E-state index is 15.2. The van der Waals surface area contributed by atoms with Crippen LogP contribution in [-0.2, 0) is 19.9 Å². The quantitative estimate of drug-likeness (QED) is 0.337. The summed E-state index contributed by atoms with van der Waals surface area (Å²) in [4.78, 5) is 42.4. The van der Waals surface area contributed by atoms with Gasteiger partial charge in [0.15, 0.2) is 0 Å². The summed E-state index contributed by atoms with van der Waals surface area (Å²) in [5, 5.41) is 13.2. The molecular formula is C27H25Cl4F2N3O4. The molecule has 3 aliphatic rings. The SMILES string of the molecule is C[C@@H](C(=O)N(CC1CC1)c1cc(Cl)cc(Cl)c1)[C@H]1CC(F)(F)CN1[C@@]1(CC(=O)O)C(=O)Nc2c(Cl)cc(Cl)cc21. The number of nitrogens with zero attached hydrogens (tertiary/aromatic N) is 2. The molecule has 40 heavy (non-hydrogen) atoms. The van der Waals surface area contributed by atoms with E-state index in [4.69, 9.17) is 46.4 Å². The van der Waals surface area contributed by atoms with E-state index in [0.717, 1.165) is 17.7 Å². The number of amides is 2. The highest BCUT2D eigenvalue weighted by Gasteiger charge is 2.62. The van der Waals surface area contributed by atoms with Gasteiger partial charge in [-0.05, 0) is 49.1 Å². The average Bonchev–Trinajstić information content (AvgIpc) is 3.55. The number of halogens is 6. The fourth-order valence-corrected chi connectivity index (χ4v) is 6.90. The molecule has 1 aliphatic carbocycles. The molecule has 1 saturated heterocycles. The van der Waals surface area contributed by atoms with Gasteiger partial charge in [0.1, 0.15) is 5.54 Å². The van der Waals surface area contributed by atoms with Crippen LogP contribution in [0.3, 0.4) is 0 Å². The van der Waals surface area contributed by atoms with Crippen LogP contribution in [0, 0.1) is 11.8 Å². The van der Waals surface area contributed by atoms with Crippen LogP contribution in [-0.4, -0.2) is 52.8 Å². The Bertz CT molecular complexity index is 1390. The van der Waals surface area contributed by atoms with E-state index in [2.05, 4.69) is 5.32 Å². The van der Waals surface area contributed by atoms with E-state index in [9.17, 15) is 19.5 Å². The minimum absolute atomic E-state index is 0.0446. The third-order valence-electron chi connectivity index (χ3n) is 7.85. The standard InChI is InChI=1S/C27H25Cl4F2N3O4/c1-13(24(39)35(11-14-2-3-14)18-5-15(28)4-16(29)6-18)21-9-26(32,33)12-36(21)27(10-22(37)38)19-7-17(30)8-20(31)23(19)34-25(27)40/h4-8,13-14,21H,2-3,9-12H2,1H3,(H,34,40)(H,37,38)/t13-,21-,27-/m1/s1. The van der Waals surface area contributed by atoms with Crippen LogP contribution in [0.15, 0.2) is 30.3 Å². The fraction of sp³-hybridized carbons (Fsp3) is 0.444. The molecule has 2 heterocycles. The van der Waals surface area contributed by atoms with E-state index in [1.165, 1.54) is 30.0 Å². The molecule has 2 aromatic rings. The maximum Gasteiger partial charge on any atom is 0.306 e. The van der Waals surface area contributed by atoms with Crippen LogP contribution in [0.25, 0.3) is 0 Å². The Kier molecular flexibility index (Phi) is 7.76. The molecule has 5 rings (SSSR count). The number of carboxylic acids is 1. The van der Waals surface area contributed by atoms with Crippen molar-refractivity contribution in [3.05, 3.63) is 56.0 Å². The lowest BCUT2D eigenvalue weighted by molar-refractivity contribution is -0.147. The molecule has 1 saturated carbocycles. The van der Waals surface area contributed by atoms with Gasteiger partial charge in [-0.25, -0.2) is 8.78 Å². The number of rotatable bonds is 8. The van der Waals surface area contributed by atoms with E-state index >= 15 is 8.78 Å². The van der Waals surface area contributed by atoms with Crippen molar-refractivity contribution in [1.29, 1.82) is 0 Å². The van der Waals surface area contributed by atoms with Crippen molar-refractivity contribution >= 4 is 75.6 Å². The van der Waals surface area contributed by atoms with Crippen molar-refractivity contribution in [2.45, 2.75) is 50.1 Å². The van der Waals surface area contributed by atoms with E-state index in [-0.39, 0.29) is 27.2 Å². The van der Waals surface area contributed by atoms with Crippen molar-refractivity contribution < 1.29 is 28.3 Å². The Hall–Kier alpha value is -2.17. The maximum atomic E-state index is 15.2. The van der Waals surface area contributed by atoms with Gasteiger partial charge in [-0.1, -0.05) is 53.3 Å². The summed E-state index contributed by atoms with van der Waals surface area (Å²) in [6, 6.07) is 6.21. The molecule has 2 aromatic carbocycles. The van der Waals surface area contributed by atoms with Crippen molar-refractivity contribution in [2.75, 3.05) is 23.3 Å². The van der Waals surface area contributed by atoms with E-state index in [1.54, 1.807) is 12.1 Å². The lowest BCUT2D eigenvalue weighted by Crippen LogP contribution is -2.57. The van der Waals surface area contributed by atoms with Crippen molar-refractivity contribution in [3.8, 4) is 0 Å². The summed E-state index contributed by atoms with van der Waals surface area (Å²) in [5.41, 5.74) is -1.46. The second-order valence-corrected chi connectivity index (χ2v) is 12.5. The molecule has 0 unspecified atom stereocenters. The summed E-state index contributed by atoms with van der Waals surface area (Å²) in [7, 11) is 0. The van der Waals surface area contributed by atoms with Gasteiger partial charge in [0.25, 0.3) is 5.92 Å². The molecule has 0 spiro atoms. The van der Waals surface area contributed by atoms with Crippen LogP contribution >= 0.6 is 46.4 Å². The largest absolute Gasteiger partial charge is 0.481 e. The molecule has 7 nitrogen and oxygen atoms in total. The molecule has 3 atom stereocenters. The van der Waals surface area contributed by atoms with Gasteiger partial charge in [0.05, 0.1) is 29.6 Å². The summed E-state index contributed by atoms with van der Waals surface area (Å²) in [6.45, 7) is 0.920. The summed E-state index contributed by atoms with van der Waals surface area (Å²) in [5.74, 6) is -6.82. The topological polar surface area (TPSA) is 90.0 Å². The molecular weight excluding hydrogens is 610 g/mol. The number of anilines is 2. The molecule has 0 radical (unpaired) electrons. The molecule has 2 aliphatic heterocycles. The Morgan fingerprint density at radius 1 is 1.10 bits per heavy atom. The van der Waals surface area contributed by atoms with Crippen LogP contribution in [0.5, 0.6) is 0 Å². The first kappa shape index (κ1) is 29.3. The number of benzene rings is 2. The normalized spacial score (nSPS) is 24.5. The molecule has 2 amide bonds. The number of nitrogens with one attached hydrogen (secondary N) is 1. The van der Waals surface area contributed by atoms with Crippen molar-refractivity contribution in [2.24, 2.45) is 11.8 Å². The Balaban J connectivity index is 1.59. The Morgan fingerprint density at radius 2 is 1.73 bits per heavy atom. The number of alkyl halides is 2. The zero-order valence-electron chi connectivity index (χ0n) is 21.2. The molecule has 13 heteroatoms. The minimum atomic E-state index is -3.31. The van der Waals surface area contributed by atoms with Gasteiger partial charge >= 0.3 is 5.97 Å². The summed E-state index contributed by atoms with van der Waals surface area (Å²) < 4.78 is 30.4. The van der Waals surface area contributed by atoms with Crippen molar-refractivity contribution in [3.63, 3.8) is 0 Å². The van der Waals surface area contributed by atoms with Crippen LogP contribution in [0.2, 0.25) is 20.1 Å². The second kappa shape index (κ2) is 10.6. The first-order chi connectivity index (χ1) is 18.7. The predicted molar refractivity (Wildman–Crippen MR) is 150 cm³/mol. The second-order valence-electron chi connectivity index (χ2n) is 10.8. The number of fused-ring (bicyclic) bond motifs is 1. The van der Waals surface area contributed by atoms with Crippen LogP contribution in [0.1, 0.15) is 38.2 Å². The lowest BCUT2D eigenvalue weighted by atomic mass is 9.83. The molecule has 0 aromatic heterocycles. The highest BCUT2D eigenvalue weighted by atomic mass is 35.5. The number of hydrogen-bond acceptors (Lipinski definition) is 4.